The van der Waals surface area contributed by atoms with Crippen molar-refractivity contribution in [1.29, 1.82) is 0 Å². The van der Waals surface area contributed by atoms with Gasteiger partial charge in [0.1, 0.15) is 5.69 Å². The van der Waals surface area contributed by atoms with Crippen molar-refractivity contribution in [2.45, 2.75) is 6.92 Å². The quantitative estimate of drug-likeness (QED) is 0.729. The van der Waals surface area contributed by atoms with E-state index in [0.29, 0.717) is 18.8 Å². The number of benzene rings is 1. The predicted octanol–water partition coefficient (Wildman–Crippen LogP) is 0.663. The molecule has 9 heteroatoms. The number of carbonyl (C=O) groups is 2. The summed E-state index contributed by atoms with van der Waals surface area (Å²) in [6.07, 6.45) is 0. The number of rotatable bonds is 2. The number of nitrogens with zero attached hydrogens (tertiary/aromatic N) is 3. The van der Waals surface area contributed by atoms with E-state index in [9.17, 15) is 18.0 Å². The second-order valence-electron chi connectivity index (χ2n) is 5.88. The molecule has 1 aromatic heterocycles. The third-order valence-corrected chi connectivity index (χ3v) is 6.26. The Kier molecular flexibility index (Phi) is 3.60. The number of fused-ring (bicyclic) bond motifs is 3. The first-order valence-corrected chi connectivity index (χ1v) is 9.19. The zero-order chi connectivity index (χ0) is 17.8. The number of hydrogen-bond donors (Lipinski definition) is 0. The fraction of sp³-hybridized carbons (Fsp3) is 0.312. The lowest BCUT2D eigenvalue weighted by Gasteiger charge is -2.26. The number of hydrogen-bond acceptors (Lipinski definition) is 6. The molecule has 25 heavy (non-hydrogen) atoms. The van der Waals surface area contributed by atoms with Crippen LogP contribution >= 0.6 is 0 Å². The molecule has 4 rings (SSSR count). The molecule has 1 aromatic carbocycles. The fourth-order valence-electron chi connectivity index (χ4n) is 3.18. The van der Waals surface area contributed by atoms with Crippen LogP contribution in [0, 0.1) is 6.92 Å². The SMILES string of the molecule is Cc1c2c(nn1S(=O)(=O)N1CCOCC1)-c1ccccc1C(=O)C2=O. The minimum absolute atomic E-state index is 0.0561. The molecule has 1 aliphatic heterocycles. The first-order valence-electron chi connectivity index (χ1n) is 7.79. The Labute approximate surface area is 144 Å². The van der Waals surface area contributed by atoms with Gasteiger partial charge < -0.3 is 4.74 Å². The fourth-order valence-corrected chi connectivity index (χ4v) is 4.63. The van der Waals surface area contributed by atoms with Gasteiger partial charge in [0.05, 0.1) is 24.5 Å². The van der Waals surface area contributed by atoms with Crippen molar-refractivity contribution >= 4 is 21.8 Å². The van der Waals surface area contributed by atoms with Gasteiger partial charge in [0.15, 0.2) is 0 Å². The standard InChI is InChI=1S/C16H15N3O5S/c1-10-13-14(11-4-2-3-5-12(11)15(20)16(13)21)17-19(10)25(22,23)18-6-8-24-9-7-18/h2-5H,6-9H2,1H3. The Balaban J connectivity index is 1.91. The molecule has 2 aromatic rings. The number of ether oxygens (including phenoxy) is 1. The lowest BCUT2D eigenvalue weighted by atomic mass is 9.87. The molecule has 130 valence electrons. The van der Waals surface area contributed by atoms with Crippen molar-refractivity contribution < 1.29 is 22.7 Å². The Bertz CT molecular complexity index is 1000. The zero-order valence-corrected chi connectivity index (χ0v) is 14.2. The molecule has 0 amide bonds. The van der Waals surface area contributed by atoms with Crippen LogP contribution in [0.1, 0.15) is 26.4 Å². The predicted molar refractivity (Wildman–Crippen MR) is 87.8 cm³/mol. The second kappa shape index (κ2) is 5.58. The lowest BCUT2D eigenvalue weighted by molar-refractivity contribution is 0.0724. The summed E-state index contributed by atoms with van der Waals surface area (Å²) in [5.74, 6) is -1.37. The third-order valence-electron chi connectivity index (χ3n) is 4.45. The van der Waals surface area contributed by atoms with Crippen molar-refractivity contribution in [1.82, 2.24) is 13.5 Å². The molecule has 1 saturated heterocycles. The number of carbonyl (C=O) groups excluding carboxylic acids is 2. The van der Waals surface area contributed by atoms with Gasteiger partial charge >= 0.3 is 10.2 Å². The molecule has 0 N–H and O–H groups in total. The van der Waals surface area contributed by atoms with E-state index in [0.717, 1.165) is 4.09 Å². The van der Waals surface area contributed by atoms with Gasteiger partial charge in [-0.25, -0.2) is 0 Å². The van der Waals surface area contributed by atoms with Gasteiger partial charge in [-0.15, -0.1) is 4.09 Å². The Hall–Kier alpha value is -2.36. The van der Waals surface area contributed by atoms with Crippen LogP contribution in [0.25, 0.3) is 11.3 Å². The van der Waals surface area contributed by atoms with Crippen LogP contribution in [0.15, 0.2) is 24.3 Å². The highest BCUT2D eigenvalue weighted by molar-refractivity contribution is 7.87. The van der Waals surface area contributed by atoms with Gasteiger partial charge in [0.25, 0.3) is 0 Å². The van der Waals surface area contributed by atoms with E-state index in [-0.39, 0.29) is 35.6 Å². The van der Waals surface area contributed by atoms with Crippen LogP contribution < -0.4 is 0 Å². The maximum atomic E-state index is 12.9. The maximum Gasteiger partial charge on any atom is 0.323 e. The zero-order valence-electron chi connectivity index (χ0n) is 13.4. The summed E-state index contributed by atoms with van der Waals surface area (Å²) in [5.41, 5.74) is 1.15. The topological polar surface area (TPSA) is 98.6 Å². The van der Waals surface area contributed by atoms with E-state index < -0.39 is 21.8 Å². The lowest BCUT2D eigenvalue weighted by Crippen LogP contribution is -2.44. The highest BCUT2D eigenvalue weighted by Gasteiger charge is 2.38. The molecule has 0 atom stereocenters. The molecule has 0 unspecified atom stereocenters. The van der Waals surface area contributed by atoms with Gasteiger partial charge in [-0.05, 0) is 6.92 Å². The molecule has 0 saturated carbocycles. The van der Waals surface area contributed by atoms with E-state index in [1.807, 2.05) is 0 Å². The van der Waals surface area contributed by atoms with Crippen molar-refractivity contribution in [2.75, 3.05) is 26.3 Å². The summed E-state index contributed by atoms with van der Waals surface area (Å²) >= 11 is 0. The van der Waals surface area contributed by atoms with Gasteiger partial charge in [-0.3, -0.25) is 9.59 Å². The summed E-state index contributed by atoms with van der Waals surface area (Å²) in [6, 6.07) is 6.58. The summed E-state index contributed by atoms with van der Waals surface area (Å²) in [6.45, 7) is 2.54. The van der Waals surface area contributed by atoms with E-state index in [1.54, 1.807) is 24.3 Å². The van der Waals surface area contributed by atoms with Crippen LogP contribution in [0.3, 0.4) is 0 Å². The van der Waals surface area contributed by atoms with Crippen molar-refractivity contribution in [3.8, 4) is 11.3 Å². The van der Waals surface area contributed by atoms with Gasteiger partial charge in [-0.2, -0.15) is 17.8 Å². The van der Waals surface area contributed by atoms with Crippen LogP contribution in [0.4, 0.5) is 0 Å². The molecular formula is C16H15N3O5S. The van der Waals surface area contributed by atoms with Crippen molar-refractivity contribution in [3.05, 3.63) is 41.1 Å². The molecule has 2 heterocycles. The highest BCUT2D eigenvalue weighted by atomic mass is 32.2. The van der Waals surface area contributed by atoms with E-state index in [4.69, 9.17) is 4.74 Å². The van der Waals surface area contributed by atoms with E-state index in [2.05, 4.69) is 5.10 Å². The average Bonchev–Trinajstić information content (AvgIpc) is 2.99. The molecule has 1 fully saturated rings. The molecule has 0 radical (unpaired) electrons. The van der Waals surface area contributed by atoms with Crippen molar-refractivity contribution in [3.63, 3.8) is 0 Å². The number of Topliss-reactive ketones (excluding diaryl/α,β-unsaturated/α-hetero) is 2. The Morgan fingerprint density at radius 1 is 1.04 bits per heavy atom. The third kappa shape index (κ3) is 2.27. The molecular weight excluding hydrogens is 346 g/mol. The Morgan fingerprint density at radius 2 is 1.68 bits per heavy atom. The first-order chi connectivity index (χ1) is 11.9. The molecule has 1 aliphatic carbocycles. The molecule has 0 spiro atoms. The Morgan fingerprint density at radius 3 is 2.36 bits per heavy atom. The molecule has 0 bridgehead atoms. The summed E-state index contributed by atoms with van der Waals surface area (Å²) in [4.78, 5) is 24.8. The van der Waals surface area contributed by atoms with Gasteiger partial charge in [0.2, 0.25) is 11.6 Å². The smallest absolute Gasteiger partial charge is 0.323 e. The van der Waals surface area contributed by atoms with E-state index in [1.165, 1.54) is 11.2 Å². The first kappa shape index (κ1) is 16.1. The molecule has 8 nitrogen and oxygen atoms in total. The maximum absolute atomic E-state index is 12.9. The number of morpholine rings is 1. The minimum atomic E-state index is -3.93. The molecule has 2 aliphatic rings. The number of ketones is 2. The van der Waals surface area contributed by atoms with Crippen LogP contribution in [-0.2, 0) is 14.9 Å². The van der Waals surface area contributed by atoms with E-state index >= 15 is 0 Å². The summed E-state index contributed by atoms with van der Waals surface area (Å²) in [5, 5.41) is 4.20. The van der Waals surface area contributed by atoms with Crippen LogP contribution in [-0.4, -0.2) is 59.8 Å². The number of aromatic nitrogens is 2. The highest BCUT2D eigenvalue weighted by Crippen LogP contribution is 2.34. The minimum Gasteiger partial charge on any atom is -0.379 e. The average molecular weight is 361 g/mol. The summed E-state index contributed by atoms with van der Waals surface area (Å²) in [7, 11) is -3.93. The second-order valence-corrected chi connectivity index (χ2v) is 7.63. The van der Waals surface area contributed by atoms with Crippen LogP contribution in [0.5, 0.6) is 0 Å². The normalized spacial score (nSPS) is 18.1. The largest absolute Gasteiger partial charge is 0.379 e. The monoisotopic (exact) mass is 361 g/mol. The summed E-state index contributed by atoms with van der Waals surface area (Å²) < 4.78 is 33.1. The van der Waals surface area contributed by atoms with Crippen LogP contribution in [0.2, 0.25) is 0 Å². The van der Waals surface area contributed by atoms with Crippen molar-refractivity contribution in [2.24, 2.45) is 0 Å². The van der Waals surface area contributed by atoms with Gasteiger partial charge in [-0.1, -0.05) is 24.3 Å². The van der Waals surface area contributed by atoms with Gasteiger partial charge in [0, 0.05) is 24.2 Å².